The summed E-state index contributed by atoms with van der Waals surface area (Å²) in [5.41, 5.74) is 3.07. The molecule has 4 aromatic rings. The maximum Gasteiger partial charge on any atom is 0.293 e. The van der Waals surface area contributed by atoms with E-state index in [1.54, 1.807) is 30.3 Å². The molecule has 0 bridgehead atoms. The Balaban J connectivity index is 1.48. The number of amides is 1. The van der Waals surface area contributed by atoms with Gasteiger partial charge < -0.3 is 9.73 Å². The second-order valence-corrected chi connectivity index (χ2v) is 7.75. The van der Waals surface area contributed by atoms with E-state index in [0.29, 0.717) is 27.1 Å². The van der Waals surface area contributed by atoms with E-state index in [-0.39, 0.29) is 10.9 Å². The molecule has 0 atom stereocenters. The van der Waals surface area contributed by atoms with Crippen molar-refractivity contribution >= 4 is 63.0 Å². The summed E-state index contributed by atoms with van der Waals surface area (Å²) in [6.45, 7) is 1.92. The number of benzene rings is 2. The third-order valence-electron chi connectivity index (χ3n) is 4.37. The first-order chi connectivity index (χ1) is 14.4. The predicted octanol–water partition coefficient (Wildman–Crippen LogP) is 6.24. The summed E-state index contributed by atoms with van der Waals surface area (Å²) in [7, 11) is 0. The molecule has 0 aliphatic heterocycles. The molecule has 0 spiro atoms. The fraction of sp³-hybridized carbons (Fsp3) is 0.0455. The van der Waals surface area contributed by atoms with Crippen LogP contribution in [0, 0.1) is 6.92 Å². The van der Waals surface area contributed by atoms with Gasteiger partial charge in [-0.05, 0) is 61.6 Å². The normalized spacial score (nSPS) is 10.8. The Morgan fingerprint density at radius 1 is 1.03 bits per heavy atom. The number of halogens is 2. The first kappa shape index (κ1) is 20.3. The lowest BCUT2D eigenvalue weighted by Crippen LogP contribution is -2.34. The summed E-state index contributed by atoms with van der Waals surface area (Å²) in [6.07, 6.45) is 0. The van der Waals surface area contributed by atoms with Crippen LogP contribution >= 0.6 is 35.4 Å². The summed E-state index contributed by atoms with van der Waals surface area (Å²) in [5, 5.41) is 7.61. The van der Waals surface area contributed by atoms with Gasteiger partial charge in [0.2, 0.25) is 0 Å². The number of rotatable bonds is 3. The van der Waals surface area contributed by atoms with Crippen LogP contribution in [0.15, 0.2) is 65.1 Å². The smallest absolute Gasteiger partial charge is 0.293 e. The van der Waals surface area contributed by atoms with Crippen molar-refractivity contribution in [3.05, 3.63) is 82.2 Å². The van der Waals surface area contributed by atoms with Gasteiger partial charge in [-0.3, -0.25) is 15.1 Å². The molecule has 30 heavy (non-hydrogen) atoms. The van der Waals surface area contributed by atoms with E-state index in [2.05, 4.69) is 15.6 Å². The van der Waals surface area contributed by atoms with Gasteiger partial charge in [0.15, 0.2) is 10.9 Å². The number of carbonyl (C=O) groups excluding carboxylic acids is 1. The second kappa shape index (κ2) is 8.44. The molecule has 0 fully saturated rings. The Kier molecular flexibility index (Phi) is 5.72. The van der Waals surface area contributed by atoms with Gasteiger partial charge in [0.1, 0.15) is 5.76 Å². The highest BCUT2D eigenvalue weighted by Gasteiger charge is 2.15. The number of para-hydroxylation sites is 1. The quantitative estimate of drug-likeness (QED) is 0.358. The molecule has 0 aliphatic rings. The van der Waals surface area contributed by atoms with Crippen molar-refractivity contribution in [3.8, 4) is 11.3 Å². The Labute approximate surface area is 188 Å². The Hall–Kier alpha value is -2.93. The molecule has 0 aliphatic carbocycles. The van der Waals surface area contributed by atoms with Crippen LogP contribution in [-0.2, 0) is 0 Å². The number of pyridine rings is 1. The first-order valence-corrected chi connectivity index (χ1v) is 10.1. The molecule has 2 aromatic carbocycles. The van der Waals surface area contributed by atoms with Crippen LogP contribution in [-0.4, -0.2) is 16.0 Å². The molecule has 4 rings (SSSR count). The largest absolute Gasteiger partial charge is 0.451 e. The molecule has 1 amide bonds. The van der Waals surface area contributed by atoms with Crippen molar-refractivity contribution in [2.75, 3.05) is 5.32 Å². The van der Waals surface area contributed by atoms with Crippen molar-refractivity contribution < 1.29 is 9.21 Å². The lowest BCUT2D eigenvalue weighted by Gasteiger charge is -2.11. The number of thiocarbonyl (C=S) groups is 1. The van der Waals surface area contributed by atoms with Crippen LogP contribution in [0.5, 0.6) is 0 Å². The van der Waals surface area contributed by atoms with E-state index >= 15 is 0 Å². The fourth-order valence-corrected chi connectivity index (χ4v) is 3.43. The molecule has 150 valence electrons. The van der Waals surface area contributed by atoms with Crippen LogP contribution < -0.4 is 10.6 Å². The first-order valence-electron chi connectivity index (χ1n) is 8.95. The van der Waals surface area contributed by atoms with Crippen molar-refractivity contribution in [2.45, 2.75) is 6.92 Å². The number of hydrogen-bond acceptors (Lipinski definition) is 4. The maximum absolute atomic E-state index is 12.5. The van der Waals surface area contributed by atoms with Crippen LogP contribution in [0.4, 0.5) is 5.69 Å². The number of hydrogen-bond donors (Lipinski definition) is 2. The van der Waals surface area contributed by atoms with Crippen LogP contribution in [0.3, 0.4) is 0 Å². The van der Waals surface area contributed by atoms with Crippen molar-refractivity contribution in [1.29, 1.82) is 0 Å². The molecule has 0 saturated heterocycles. The average molecular weight is 456 g/mol. The Morgan fingerprint density at radius 2 is 1.87 bits per heavy atom. The van der Waals surface area contributed by atoms with Crippen LogP contribution in [0.2, 0.25) is 10.0 Å². The van der Waals surface area contributed by atoms with Gasteiger partial charge in [0, 0.05) is 16.6 Å². The zero-order valence-electron chi connectivity index (χ0n) is 15.7. The minimum absolute atomic E-state index is 0.118. The van der Waals surface area contributed by atoms with Gasteiger partial charge in [-0.25, -0.2) is 0 Å². The third kappa shape index (κ3) is 4.31. The standard InChI is InChI=1S/C22H15Cl2N3O2S/c1-12-5-6-13-3-2-4-17(20(13)25-12)26-22(30)27-21(28)19-10-9-18(29-19)14-7-8-15(23)16(24)11-14/h2-11H,1H3,(H2,26,27,28,30). The van der Waals surface area contributed by atoms with Crippen LogP contribution in [0.1, 0.15) is 16.2 Å². The van der Waals surface area contributed by atoms with Crippen molar-refractivity contribution in [2.24, 2.45) is 0 Å². The number of aryl methyl sites for hydroxylation is 1. The second-order valence-electron chi connectivity index (χ2n) is 6.53. The minimum Gasteiger partial charge on any atom is -0.451 e. The molecular weight excluding hydrogens is 441 g/mol. The van der Waals surface area contributed by atoms with Gasteiger partial charge in [-0.2, -0.15) is 0 Å². The molecule has 2 heterocycles. The highest BCUT2D eigenvalue weighted by Crippen LogP contribution is 2.29. The third-order valence-corrected chi connectivity index (χ3v) is 5.31. The zero-order chi connectivity index (χ0) is 21.3. The number of fused-ring (bicyclic) bond motifs is 1. The zero-order valence-corrected chi connectivity index (χ0v) is 18.0. The highest BCUT2D eigenvalue weighted by molar-refractivity contribution is 7.80. The average Bonchev–Trinajstić information content (AvgIpc) is 3.21. The lowest BCUT2D eigenvalue weighted by molar-refractivity contribution is 0.0951. The number of anilines is 1. The SMILES string of the molecule is Cc1ccc2cccc(NC(=S)NC(=O)c3ccc(-c4ccc(Cl)c(Cl)c4)o3)c2n1. The molecule has 8 heteroatoms. The predicted molar refractivity (Wildman–Crippen MR) is 124 cm³/mol. The summed E-state index contributed by atoms with van der Waals surface area (Å²) < 4.78 is 5.65. The summed E-state index contributed by atoms with van der Waals surface area (Å²) in [5.74, 6) is 0.140. The van der Waals surface area contributed by atoms with E-state index in [0.717, 1.165) is 16.6 Å². The molecule has 2 aromatic heterocycles. The number of nitrogens with zero attached hydrogens (tertiary/aromatic N) is 1. The van der Waals surface area contributed by atoms with Gasteiger partial charge in [0.25, 0.3) is 5.91 Å². The lowest BCUT2D eigenvalue weighted by atomic mass is 10.2. The minimum atomic E-state index is -0.469. The summed E-state index contributed by atoms with van der Waals surface area (Å²) in [4.78, 5) is 17.1. The molecule has 0 radical (unpaired) electrons. The van der Waals surface area contributed by atoms with E-state index < -0.39 is 5.91 Å². The van der Waals surface area contributed by atoms with E-state index in [1.807, 2.05) is 37.3 Å². The van der Waals surface area contributed by atoms with Crippen molar-refractivity contribution in [1.82, 2.24) is 10.3 Å². The van der Waals surface area contributed by atoms with Gasteiger partial charge >= 0.3 is 0 Å². The van der Waals surface area contributed by atoms with Crippen molar-refractivity contribution in [3.63, 3.8) is 0 Å². The molecular formula is C22H15Cl2N3O2S. The van der Waals surface area contributed by atoms with E-state index in [9.17, 15) is 4.79 Å². The van der Waals surface area contributed by atoms with E-state index in [1.165, 1.54) is 0 Å². The summed E-state index contributed by atoms with van der Waals surface area (Å²) in [6, 6.07) is 18.0. The summed E-state index contributed by atoms with van der Waals surface area (Å²) >= 11 is 17.3. The molecule has 0 saturated carbocycles. The van der Waals surface area contributed by atoms with Gasteiger partial charge in [-0.1, -0.05) is 41.4 Å². The fourth-order valence-electron chi connectivity index (χ4n) is 2.93. The van der Waals surface area contributed by atoms with Gasteiger partial charge in [-0.15, -0.1) is 0 Å². The molecule has 0 unspecified atom stereocenters. The number of aromatic nitrogens is 1. The Bertz CT molecular complexity index is 1290. The van der Waals surface area contributed by atoms with E-state index in [4.69, 9.17) is 39.8 Å². The van der Waals surface area contributed by atoms with Gasteiger partial charge in [0.05, 0.1) is 21.2 Å². The maximum atomic E-state index is 12.5. The topological polar surface area (TPSA) is 67.2 Å². The Morgan fingerprint density at radius 3 is 2.67 bits per heavy atom. The number of furan rings is 1. The molecule has 2 N–H and O–H groups in total. The monoisotopic (exact) mass is 455 g/mol. The highest BCUT2D eigenvalue weighted by atomic mass is 35.5. The number of nitrogens with one attached hydrogen (secondary N) is 2. The number of carbonyl (C=O) groups is 1. The van der Waals surface area contributed by atoms with Crippen LogP contribution in [0.25, 0.3) is 22.2 Å². The molecule has 5 nitrogen and oxygen atoms in total.